The molecule has 0 unspecified atom stereocenters. The first-order valence-electron chi connectivity index (χ1n) is 7.65. The highest BCUT2D eigenvalue weighted by Crippen LogP contribution is 2.25. The third kappa shape index (κ3) is 3.04. The SMILES string of the molecule is Cn1ccnc1[C@H](O)CNC(=O)[C@H]1CCc2ccccc2C1. The first-order chi connectivity index (χ1) is 10.6. The molecule has 0 saturated carbocycles. The number of aromatic nitrogens is 2. The molecule has 0 saturated heterocycles. The molecule has 0 spiro atoms. The van der Waals surface area contributed by atoms with Crippen LogP contribution in [0.2, 0.25) is 0 Å². The number of rotatable bonds is 4. The number of carbonyl (C=O) groups excluding carboxylic acids is 1. The minimum absolute atomic E-state index is 0.0107. The van der Waals surface area contributed by atoms with Gasteiger partial charge in [0.1, 0.15) is 11.9 Å². The number of carbonyl (C=O) groups is 1. The molecule has 2 atom stereocenters. The summed E-state index contributed by atoms with van der Waals surface area (Å²) in [7, 11) is 1.82. The van der Waals surface area contributed by atoms with Crippen LogP contribution in [0.15, 0.2) is 36.7 Å². The largest absolute Gasteiger partial charge is 0.383 e. The van der Waals surface area contributed by atoms with Crippen molar-refractivity contribution in [3.05, 3.63) is 53.6 Å². The highest BCUT2D eigenvalue weighted by atomic mass is 16.3. The molecule has 3 rings (SSSR count). The normalized spacial score (nSPS) is 18.5. The molecule has 0 fully saturated rings. The first kappa shape index (κ1) is 14.8. The lowest BCUT2D eigenvalue weighted by molar-refractivity contribution is -0.125. The monoisotopic (exact) mass is 299 g/mol. The molecule has 22 heavy (non-hydrogen) atoms. The molecular formula is C17H21N3O2. The maximum atomic E-state index is 12.3. The van der Waals surface area contributed by atoms with Crippen molar-refractivity contribution in [2.75, 3.05) is 6.54 Å². The second-order valence-electron chi connectivity index (χ2n) is 5.87. The highest BCUT2D eigenvalue weighted by Gasteiger charge is 2.25. The molecule has 1 aromatic carbocycles. The topological polar surface area (TPSA) is 67.2 Å². The average molecular weight is 299 g/mol. The number of amides is 1. The second kappa shape index (κ2) is 6.32. The van der Waals surface area contributed by atoms with Gasteiger partial charge in [0.2, 0.25) is 5.91 Å². The van der Waals surface area contributed by atoms with E-state index in [0.29, 0.717) is 5.82 Å². The molecule has 1 aliphatic carbocycles. The van der Waals surface area contributed by atoms with Crippen LogP contribution < -0.4 is 5.32 Å². The summed E-state index contributed by atoms with van der Waals surface area (Å²) >= 11 is 0. The molecule has 5 nitrogen and oxygen atoms in total. The van der Waals surface area contributed by atoms with E-state index in [1.807, 2.05) is 19.2 Å². The fourth-order valence-electron chi connectivity index (χ4n) is 3.05. The first-order valence-corrected chi connectivity index (χ1v) is 7.65. The predicted molar refractivity (Wildman–Crippen MR) is 83.1 cm³/mol. The molecule has 2 aromatic rings. The van der Waals surface area contributed by atoms with E-state index in [1.54, 1.807) is 17.0 Å². The lowest BCUT2D eigenvalue weighted by Crippen LogP contribution is -2.36. The molecule has 0 radical (unpaired) electrons. The third-order valence-electron chi connectivity index (χ3n) is 4.34. The van der Waals surface area contributed by atoms with Gasteiger partial charge in [-0.1, -0.05) is 24.3 Å². The molecule has 1 aliphatic rings. The van der Waals surface area contributed by atoms with E-state index < -0.39 is 6.10 Å². The Morgan fingerprint density at radius 1 is 1.45 bits per heavy atom. The van der Waals surface area contributed by atoms with Gasteiger partial charge in [-0.15, -0.1) is 0 Å². The summed E-state index contributed by atoms with van der Waals surface area (Å²) in [5, 5.41) is 13.0. The van der Waals surface area contributed by atoms with Crippen LogP contribution in [0.4, 0.5) is 0 Å². The summed E-state index contributed by atoms with van der Waals surface area (Å²) in [5.74, 6) is 0.570. The predicted octanol–water partition coefficient (Wildman–Crippen LogP) is 1.37. The zero-order chi connectivity index (χ0) is 15.5. The van der Waals surface area contributed by atoms with Crippen molar-refractivity contribution in [2.24, 2.45) is 13.0 Å². The molecule has 116 valence electrons. The van der Waals surface area contributed by atoms with Crippen molar-refractivity contribution >= 4 is 5.91 Å². The molecule has 2 N–H and O–H groups in total. The Morgan fingerprint density at radius 2 is 2.23 bits per heavy atom. The van der Waals surface area contributed by atoms with Crippen molar-refractivity contribution in [3.63, 3.8) is 0 Å². The number of benzene rings is 1. The van der Waals surface area contributed by atoms with Gasteiger partial charge in [0.05, 0.1) is 6.54 Å². The fourth-order valence-corrected chi connectivity index (χ4v) is 3.05. The van der Waals surface area contributed by atoms with Gasteiger partial charge >= 0.3 is 0 Å². The number of imidazole rings is 1. The summed E-state index contributed by atoms with van der Waals surface area (Å²) in [6, 6.07) is 8.29. The van der Waals surface area contributed by atoms with E-state index in [-0.39, 0.29) is 18.4 Å². The maximum Gasteiger partial charge on any atom is 0.223 e. The molecule has 1 amide bonds. The van der Waals surface area contributed by atoms with Crippen LogP contribution in [0.25, 0.3) is 0 Å². The second-order valence-corrected chi connectivity index (χ2v) is 5.87. The Morgan fingerprint density at radius 3 is 2.95 bits per heavy atom. The van der Waals surface area contributed by atoms with Gasteiger partial charge in [0, 0.05) is 25.4 Å². The van der Waals surface area contributed by atoms with E-state index in [0.717, 1.165) is 19.3 Å². The van der Waals surface area contributed by atoms with Crippen LogP contribution in [0, 0.1) is 5.92 Å². The van der Waals surface area contributed by atoms with Gasteiger partial charge < -0.3 is 15.0 Å². The number of hydrogen-bond donors (Lipinski definition) is 2. The lowest BCUT2D eigenvalue weighted by Gasteiger charge is -2.24. The van der Waals surface area contributed by atoms with Gasteiger partial charge in [0.15, 0.2) is 0 Å². The van der Waals surface area contributed by atoms with Crippen LogP contribution in [0.5, 0.6) is 0 Å². The number of hydrogen-bond acceptors (Lipinski definition) is 3. The van der Waals surface area contributed by atoms with Crippen LogP contribution in [0.1, 0.15) is 29.5 Å². The van der Waals surface area contributed by atoms with Crippen molar-refractivity contribution in [1.82, 2.24) is 14.9 Å². The van der Waals surface area contributed by atoms with E-state index in [4.69, 9.17) is 0 Å². The van der Waals surface area contributed by atoms with E-state index in [9.17, 15) is 9.90 Å². The maximum absolute atomic E-state index is 12.3. The standard InChI is InChI=1S/C17H21N3O2/c1-20-9-8-18-16(20)15(21)11-19-17(22)14-7-6-12-4-2-3-5-13(12)10-14/h2-5,8-9,14-15,21H,6-7,10-11H2,1H3,(H,19,22)/t14-,15+/m0/s1. The molecule has 1 heterocycles. The van der Waals surface area contributed by atoms with Crippen LogP contribution >= 0.6 is 0 Å². The molecule has 1 aromatic heterocycles. The summed E-state index contributed by atoms with van der Waals surface area (Å²) < 4.78 is 1.76. The van der Waals surface area contributed by atoms with E-state index in [1.165, 1.54) is 11.1 Å². The quantitative estimate of drug-likeness (QED) is 0.896. The Kier molecular flexibility index (Phi) is 4.24. The van der Waals surface area contributed by atoms with Crippen LogP contribution in [-0.4, -0.2) is 27.1 Å². The number of aliphatic hydroxyl groups excluding tert-OH is 1. The molecular weight excluding hydrogens is 278 g/mol. The summed E-state index contributed by atoms with van der Waals surface area (Å²) in [6.07, 6.45) is 5.22. The van der Waals surface area contributed by atoms with Gasteiger partial charge in [-0.25, -0.2) is 4.98 Å². The number of aryl methyl sites for hydroxylation is 2. The minimum atomic E-state index is -0.778. The number of fused-ring (bicyclic) bond motifs is 1. The Labute approximate surface area is 130 Å². The summed E-state index contributed by atoms with van der Waals surface area (Å²) in [6.45, 7) is 0.196. The van der Waals surface area contributed by atoms with Gasteiger partial charge in [-0.05, 0) is 30.4 Å². The zero-order valence-electron chi connectivity index (χ0n) is 12.7. The number of nitrogens with zero attached hydrogens (tertiary/aromatic N) is 2. The fraction of sp³-hybridized carbons (Fsp3) is 0.412. The van der Waals surface area contributed by atoms with Crippen molar-refractivity contribution in [1.29, 1.82) is 0 Å². The van der Waals surface area contributed by atoms with Gasteiger partial charge in [-0.3, -0.25) is 4.79 Å². The molecule has 0 aliphatic heterocycles. The molecule has 0 bridgehead atoms. The third-order valence-corrected chi connectivity index (χ3v) is 4.34. The van der Waals surface area contributed by atoms with Gasteiger partial charge in [-0.2, -0.15) is 0 Å². The number of nitrogens with one attached hydrogen (secondary N) is 1. The Hall–Kier alpha value is -2.14. The number of aliphatic hydroxyl groups is 1. The van der Waals surface area contributed by atoms with E-state index in [2.05, 4.69) is 22.4 Å². The minimum Gasteiger partial charge on any atom is -0.383 e. The zero-order valence-corrected chi connectivity index (χ0v) is 12.7. The Bertz CT molecular complexity index is 665. The van der Waals surface area contributed by atoms with Crippen molar-refractivity contribution in [3.8, 4) is 0 Å². The van der Waals surface area contributed by atoms with Crippen LogP contribution in [0.3, 0.4) is 0 Å². The van der Waals surface area contributed by atoms with Crippen molar-refractivity contribution in [2.45, 2.75) is 25.4 Å². The van der Waals surface area contributed by atoms with Crippen molar-refractivity contribution < 1.29 is 9.90 Å². The lowest BCUT2D eigenvalue weighted by atomic mass is 9.83. The van der Waals surface area contributed by atoms with Gasteiger partial charge in [0.25, 0.3) is 0 Å². The molecule has 5 heteroatoms. The summed E-state index contributed by atoms with van der Waals surface area (Å²) in [5.41, 5.74) is 2.61. The van der Waals surface area contributed by atoms with Crippen LogP contribution in [-0.2, 0) is 24.7 Å². The highest BCUT2D eigenvalue weighted by molar-refractivity contribution is 5.79. The van der Waals surface area contributed by atoms with E-state index >= 15 is 0 Å². The smallest absolute Gasteiger partial charge is 0.223 e. The average Bonchev–Trinajstić information content (AvgIpc) is 2.98. The Balaban J connectivity index is 1.56. The summed E-state index contributed by atoms with van der Waals surface area (Å²) in [4.78, 5) is 16.4.